The standard InChI is InChI=1S/C24H38O4Si/c1-20(2,3)24-22(7)15-11-14-19(22)25-23(24,27-28-24)17-12-10-13-18(16-17)26-29(8,9)21(4,5)6/h10,12-13,16,19H,11,14-15H2,1-9H3/t19-,22+,23-,24-/m0/s1. The van der Waals surface area contributed by atoms with Crippen molar-refractivity contribution in [2.24, 2.45) is 10.8 Å². The average Bonchev–Trinajstić information content (AvgIpc) is 2.95. The Labute approximate surface area is 177 Å². The van der Waals surface area contributed by atoms with E-state index >= 15 is 0 Å². The summed E-state index contributed by atoms with van der Waals surface area (Å²) in [4.78, 5) is 12.1. The van der Waals surface area contributed by atoms with E-state index in [1.165, 1.54) is 6.42 Å². The zero-order valence-electron chi connectivity index (χ0n) is 19.6. The molecule has 2 saturated heterocycles. The van der Waals surface area contributed by atoms with Gasteiger partial charge in [-0.3, -0.25) is 0 Å². The summed E-state index contributed by atoms with van der Waals surface area (Å²) < 4.78 is 13.3. The molecule has 3 aliphatic rings. The lowest BCUT2D eigenvalue weighted by Gasteiger charge is -2.61. The van der Waals surface area contributed by atoms with Crippen LogP contribution in [-0.4, -0.2) is 20.0 Å². The molecular weight excluding hydrogens is 380 g/mol. The molecule has 0 radical (unpaired) electrons. The molecule has 1 aromatic rings. The fourth-order valence-electron chi connectivity index (χ4n) is 5.71. The summed E-state index contributed by atoms with van der Waals surface area (Å²) in [5, 5.41) is 0.140. The van der Waals surface area contributed by atoms with Crippen LogP contribution in [0.3, 0.4) is 0 Å². The number of rotatable bonds is 3. The fraction of sp³-hybridized carbons (Fsp3) is 0.750. The third-order valence-electron chi connectivity index (χ3n) is 8.18. The Morgan fingerprint density at radius 3 is 2.31 bits per heavy atom. The summed E-state index contributed by atoms with van der Waals surface area (Å²) in [5.74, 6) is 0.0188. The van der Waals surface area contributed by atoms with Crippen molar-refractivity contribution in [3.63, 3.8) is 0 Å². The first kappa shape index (κ1) is 21.4. The van der Waals surface area contributed by atoms with Crippen LogP contribution in [0.25, 0.3) is 0 Å². The monoisotopic (exact) mass is 418 g/mol. The van der Waals surface area contributed by atoms with Crippen molar-refractivity contribution in [3.05, 3.63) is 29.8 Å². The van der Waals surface area contributed by atoms with Gasteiger partial charge in [0.2, 0.25) is 8.32 Å². The van der Waals surface area contributed by atoms with E-state index in [2.05, 4.69) is 85.8 Å². The Morgan fingerprint density at radius 2 is 1.76 bits per heavy atom. The smallest absolute Gasteiger partial charge is 0.261 e. The molecule has 0 aromatic heterocycles. The molecule has 2 heterocycles. The van der Waals surface area contributed by atoms with Gasteiger partial charge < -0.3 is 9.16 Å². The van der Waals surface area contributed by atoms with Crippen LogP contribution >= 0.6 is 0 Å². The summed E-state index contributed by atoms with van der Waals surface area (Å²) in [6.07, 6.45) is 3.48. The number of benzene rings is 1. The highest BCUT2D eigenvalue weighted by Gasteiger charge is 2.85. The first-order valence-corrected chi connectivity index (χ1v) is 14.0. The van der Waals surface area contributed by atoms with Crippen LogP contribution < -0.4 is 4.43 Å². The van der Waals surface area contributed by atoms with Crippen LogP contribution in [0.2, 0.25) is 18.1 Å². The van der Waals surface area contributed by atoms with E-state index in [0.717, 1.165) is 24.2 Å². The minimum absolute atomic E-state index is 0.0697. The van der Waals surface area contributed by atoms with Crippen LogP contribution in [-0.2, 0) is 20.3 Å². The number of ether oxygens (including phenoxy) is 1. The summed E-state index contributed by atoms with van der Waals surface area (Å²) in [7, 11) is -1.94. The van der Waals surface area contributed by atoms with Crippen molar-refractivity contribution in [3.8, 4) is 5.75 Å². The minimum atomic E-state index is -1.94. The second kappa shape index (κ2) is 6.09. The van der Waals surface area contributed by atoms with Gasteiger partial charge in [0.15, 0.2) is 5.60 Å². The maximum Gasteiger partial charge on any atom is 0.261 e. The van der Waals surface area contributed by atoms with E-state index in [-0.39, 0.29) is 22.0 Å². The lowest BCUT2D eigenvalue weighted by molar-refractivity contribution is -0.628. The number of hydrogen-bond acceptors (Lipinski definition) is 4. The molecule has 1 saturated carbocycles. The van der Waals surface area contributed by atoms with Crippen molar-refractivity contribution in [2.75, 3.05) is 0 Å². The SMILES string of the molecule is CC(C)(C)[C@@]12OO[C@]1(c1cccc(O[Si](C)(C)C(C)(C)C)c1)O[C@H]1CCC[C@]12C. The van der Waals surface area contributed by atoms with Crippen LogP contribution in [0.15, 0.2) is 24.3 Å². The second-order valence-corrected chi connectivity index (χ2v) is 16.7. The maximum absolute atomic E-state index is 6.75. The third kappa shape index (κ3) is 2.60. The first-order valence-electron chi connectivity index (χ1n) is 11.0. The Kier molecular flexibility index (Phi) is 4.48. The van der Waals surface area contributed by atoms with Crippen LogP contribution in [0.5, 0.6) is 5.75 Å². The van der Waals surface area contributed by atoms with Gasteiger partial charge in [0.25, 0.3) is 5.79 Å². The predicted octanol–water partition coefficient (Wildman–Crippen LogP) is 6.56. The van der Waals surface area contributed by atoms with Gasteiger partial charge in [-0.25, -0.2) is 4.89 Å². The molecule has 4 nitrogen and oxygen atoms in total. The molecule has 29 heavy (non-hydrogen) atoms. The van der Waals surface area contributed by atoms with E-state index in [4.69, 9.17) is 18.9 Å². The van der Waals surface area contributed by atoms with Crippen LogP contribution in [0.4, 0.5) is 0 Å². The second-order valence-electron chi connectivity index (χ2n) is 12.0. The van der Waals surface area contributed by atoms with Gasteiger partial charge in [-0.15, -0.1) is 0 Å². The van der Waals surface area contributed by atoms with Crippen LogP contribution in [0, 0.1) is 10.8 Å². The summed E-state index contributed by atoms with van der Waals surface area (Å²) >= 11 is 0. The van der Waals surface area contributed by atoms with E-state index in [1.807, 2.05) is 0 Å². The van der Waals surface area contributed by atoms with Gasteiger partial charge in [0.1, 0.15) is 5.75 Å². The molecule has 4 atom stereocenters. The van der Waals surface area contributed by atoms with E-state index < -0.39 is 19.7 Å². The minimum Gasteiger partial charge on any atom is -0.543 e. The normalized spacial score (nSPS) is 37.1. The molecule has 162 valence electrons. The highest BCUT2D eigenvalue weighted by Crippen LogP contribution is 2.74. The molecule has 0 bridgehead atoms. The quantitative estimate of drug-likeness (QED) is 0.411. The van der Waals surface area contributed by atoms with E-state index in [1.54, 1.807) is 0 Å². The Morgan fingerprint density at radius 1 is 1.07 bits per heavy atom. The molecule has 0 spiro atoms. The van der Waals surface area contributed by atoms with Crippen molar-refractivity contribution in [1.29, 1.82) is 0 Å². The van der Waals surface area contributed by atoms with Gasteiger partial charge >= 0.3 is 0 Å². The van der Waals surface area contributed by atoms with Gasteiger partial charge in [-0.2, -0.15) is 4.89 Å². The fourth-order valence-corrected chi connectivity index (χ4v) is 6.73. The molecule has 4 rings (SSSR count). The largest absolute Gasteiger partial charge is 0.543 e. The van der Waals surface area contributed by atoms with Crippen molar-refractivity contribution < 1.29 is 18.9 Å². The average molecular weight is 419 g/mol. The summed E-state index contributed by atoms with van der Waals surface area (Å²) in [6, 6.07) is 8.33. The number of hydrogen-bond donors (Lipinski definition) is 0. The Hall–Kier alpha value is -0.883. The molecular formula is C24H38O4Si. The maximum atomic E-state index is 6.75. The first-order chi connectivity index (χ1) is 13.2. The molecule has 0 N–H and O–H groups in total. The molecule has 0 unspecified atom stereocenters. The van der Waals surface area contributed by atoms with Gasteiger partial charge in [0.05, 0.1) is 6.10 Å². The summed E-state index contributed by atoms with van der Waals surface area (Å²) in [6.45, 7) is 20.4. The molecule has 5 heteroatoms. The molecule has 2 aliphatic heterocycles. The van der Waals surface area contributed by atoms with Gasteiger partial charge in [0, 0.05) is 16.4 Å². The van der Waals surface area contributed by atoms with Crippen LogP contribution in [0.1, 0.15) is 73.3 Å². The van der Waals surface area contributed by atoms with Crippen molar-refractivity contribution >= 4 is 8.32 Å². The van der Waals surface area contributed by atoms with Gasteiger partial charge in [-0.05, 0) is 43.1 Å². The Balaban J connectivity index is 1.77. The Bertz CT molecular complexity index is 808. The third-order valence-corrected chi connectivity index (χ3v) is 12.5. The molecule has 1 aliphatic carbocycles. The molecule has 1 aromatic carbocycles. The predicted molar refractivity (Wildman–Crippen MR) is 117 cm³/mol. The van der Waals surface area contributed by atoms with E-state index in [9.17, 15) is 0 Å². The highest BCUT2D eigenvalue weighted by molar-refractivity contribution is 6.74. The van der Waals surface area contributed by atoms with Gasteiger partial charge in [-0.1, -0.05) is 67.0 Å². The van der Waals surface area contributed by atoms with Crippen molar-refractivity contribution in [2.45, 2.75) is 103 Å². The lowest BCUT2D eigenvalue weighted by Crippen LogP contribution is -2.73. The lowest BCUT2D eigenvalue weighted by atomic mass is 9.55. The number of fused-ring (bicyclic) bond motifs is 3. The molecule has 0 amide bonds. The summed E-state index contributed by atoms with van der Waals surface area (Å²) in [5.41, 5.74) is 0.268. The highest BCUT2D eigenvalue weighted by atomic mass is 28.4. The van der Waals surface area contributed by atoms with E-state index in [0.29, 0.717) is 0 Å². The van der Waals surface area contributed by atoms with Crippen molar-refractivity contribution in [1.82, 2.24) is 0 Å². The molecule has 3 fully saturated rings. The topological polar surface area (TPSA) is 36.9 Å². The zero-order chi connectivity index (χ0) is 21.5. The zero-order valence-corrected chi connectivity index (χ0v) is 20.6.